The van der Waals surface area contributed by atoms with E-state index in [2.05, 4.69) is 4.98 Å². The van der Waals surface area contributed by atoms with E-state index < -0.39 is 23.5 Å². The SMILES string of the molecule is CCCOc1ccc(/C([O-])=C2\C(=O)C(=O)N(CCC[n+]3cc[nH]c3)C2c2ccc(OC)c(OC)c2)cc1. The Hall–Kier alpha value is -4.27. The van der Waals surface area contributed by atoms with Crippen molar-refractivity contribution >= 4 is 17.4 Å². The molecule has 1 aliphatic rings. The van der Waals surface area contributed by atoms with E-state index in [1.807, 2.05) is 24.0 Å². The first-order chi connectivity index (χ1) is 18.0. The molecule has 9 heteroatoms. The fourth-order valence-electron chi connectivity index (χ4n) is 4.43. The number of aryl methyl sites for hydroxylation is 1. The number of carbonyl (C=O) groups excluding carboxylic acids is 2. The Bertz CT molecular complexity index is 1270. The maximum atomic E-state index is 13.7. The molecule has 3 aromatic rings. The van der Waals surface area contributed by atoms with Crippen molar-refractivity contribution in [1.29, 1.82) is 0 Å². The number of hydrogen-bond acceptors (Lipinski definition) is 6. The number of H-pyrrole nitrogens is 1. The van der Waals surface area contributed by atoms with Crippen LogP contribution >= 0.6 is 0 Å². The van der Waals surface area contributed by atoms with Crippen molar-refractivity contribution in [3.8, 4) is 17.2 Å². The summed E-state index contributed by atoms with van der Waals surface area (Å²) in [4.78, 5) is 30.9. The molecular formula is C28H31N3O6. The minimum absolute atomic E-state index is 0.0752. The second-order valence-corrected chi connectivity index (χ2v) is 8.66. The topological polar surface area (TPSA) is 108 Å². The number of ketones is 1. The Morgan fingerprint density at radius 2 is 1.84 bits per heavy atom. The van der Waals surface area contributed by atoms with Crippen LogP contribution in [-0.2, 0) is 16.1 Å². The molecule has 1 saturated heterocycles. The average molecular weight is 506 g/mol. The van der Waals surface area contributed by atoms with Crippen LogP contribution in [0.5, 0.6) is 17.2 Å². The fourth-order valence-corrected chi connectivity index (χ4v) is 4.43. The van der Waals surface area contributed by atoms with E-state index in [0.717, 1.165) is 6.42 Å². The molecule has 0 bridgehead atoms. The molecule has 1 atom stereocenters. The summed E-state index contributed by atoms with van der Waals surface area (Å²) >= 11 is 0. The molecule has 1 N–H and O–H groups in total. The molecule has 2 heterocycles. The third-order valence-electron chi connectivity index (χ3n) is 6.26. The number of hydrogen-bond donors (Lipinski definition) is 1. The third kappa shape index (κ3) is 5.45. The number of Topliss-reactive ketones (excluding diaryl/α,β-unsaturated/α-hetero) is 1. The Morgan fingerprint density at radius 3 is 2.49 bits per heavy atom. The zero-order valence-corrected chi connectivity index (χ0v) is 21.2. The van der Waals surface area contributed by atoms with Gasteiger partial charge in [-0.25, -0.2) is 4.57 Å². The van der Waals surface area contributed by atoms with Gasteiger partial charge in [-0.15, -0.1) is 0 Å². The summed E-state index contributed by atoms with van der Waals surface area (Å²) in [6, 6.07) is 10.9. The summed E-state index contributed by atoms with van der Waals surface area (Å²) in [6.45, 7) is 3.51. The van der Waals surface area contributed by atoms with Crippen molar-refractivity contribution in [1.82, 2.24) is 9.88 Å². The van der Waals surface area contributed by atoms with E-state index in [1.54, 1.807) is 48.7 Å². The summed E-state index contributed by atoms with van der Waals surface area (Å²) < 4.78 is 18.4. The maximum Gasteiger partial charge on any atom is 0.295 e. The monoisotopic (exact) mass is 505 g/mol. The lowest BCUT2D eigenvalue weighted by Crippen LogP contribution is -2.36. The van der Waals surface area contributed by atoms with Gasteiger partial charge in [0, 0.05) is 18.5 Å². The number of benzene rings is 2. The predicted molar refractivity (Wildman–Crippen MR) is 134 cm³/mol. The van der Waals surface area contributed by atoms with Crippen LogP contribution in [0.4, 0.5) is 0 Å². The number of ether oxygens (including phenoxy) is 3. The Balaban J connectivity index is 1.73. The van der Waals surface area contributed by atoms with Gasteiger partial charge in [-0.3, -0.25) is 14.6 Å². The fraction of sp³-hybridized carbons (Fsp3) is 0.321. The lowest BCUT2D eigenvalue weighted by atomic mass is 9.95. The van der Waals surface area contributed by atoms with Gasteiger partial charge >= 0.3 is 0 Å². The normalized spacial score (nSPS) is 16.7. The second kappa shape index (κ2) is 11.6. The van der Waals surface area contributed by atoms with Gasteiger partial charge in [0.25, 0.3) is 5.91 Å². The van der Waals surface area contributed by atoms with E-state index in [4.69, 9.17) is 14.2 Å². The van der Waals surface area contributed by atoms with Crippen molar-refractivity contribution in [2.24, 2.45) is 0 Å². The number of nitrogens with one attached hydrogen (secondary N) is 1. The van der Waals surface area contributed by atoms with Gasteiger partial charge < -0.3 is 24.2 Å². The number of aromatic amines is 1. The number of aromatic nitrogens is 2. The zero-order chi connectivity index (χ0) is 26.4. The smallest absolute Gasteiger partial charge is 0.295 e. The first-order valence-electron chi connectivity index (χ1n) is 12.2. The molecular weight excluding hydrogens is 474 g/mol. The molecule has 2 aromatic carbocycles. The first kappa shape index (κ1) is 25.8. The van der Waals surface area contributed by atoms with E-state index in [1.165, 1.54) is 19.1 Å². The van der Waals surface area contributed by atoms with Crippen LogP contribution in [0.15, 0.2) is 66.8 Å². The summed E-state index contributed by atoms with van der Waals surface area (Å²) in [5.74, 6) is -0.373. The molecule has 1 aromatic heterocycles. The number of likely N-dealkylation sites (tertiary alicyclic amines) is 1. The quantitative estimate of drug-likeness (QED) is 0.186. The third-order valence-corrected chi connectivity index (χ3v) is 6.26. The molecule has 0 spiro atoms. The second-order valence-electron chi connectivity index (χ2n) is 8.66. The van der Waals surface area contributed by atoms with Crippen molar-refractivity contribution in [2.75, 3.05) is 27.4 Å². The highest BCUT2D eigenvalue weighted by atomic mass is 16.5. The summed E-state index contributed by atoms with van der Waals surface area (Å²) in [6.07, 6.45) is 6.96. The maximum absolute atomic E-state index is 13.7. The van der Waals surface area contributed by atoms with Crippen LogP contribution in [-0.4, -0.2) is 48.9 Å². The molecule has 37 heavy (non-hydrogen) atoms. The van der Waals surface area contributed by atoms with Gasteiger partial charge in [0.05, 0.1) is 33.4 Å². The Labute approximate surface area is 215 Å². The number of carbonyl (C=O) groups is 2. The molecule has 0 saturated carbocycles. The highest BCUT2D eigenvalue weighted by molar-refractivity contribution is 6.46. The van der Waals surface area contributed by atoms with Crippen molar-refractivity contribution in [2.45, 2.75) is 32.4 Å². The number of nitrogens with zero attached hydrogens (tertiary/aromatic N) is 2. The van der Waals surface area contributed by atoms with E-state index >= 15 is 0 Å². The van der Waals surface area contributed by atoms with Gasteiger partial charge in [-0.2, -0.15) is 0 Å². The number of rotatable bonds is 11. The molecule has 194 valence electrons. The minimum Gasteiger partial charge on any atom is -0.872 e. The summed E-state index contributed by atoms with van der Waals surface area (Å²) in [5, 5.41) is 13.7. The van der Waals surface area contributed by atoms with E-state index in [0.29, 0.717) is 54.5 Å². The lowest BCUT2D eigenvalue weighted by molar-refractivity contribution is -0.695. The van der Waals surface area contributed by atoms with Crippen LogP contribution in [0.2, 0.25) is 0 Å². The Kier molecular flexibility index (Phi) is 8.12. The van der Waals surface area contributed by atoms with Crippen molar-refractivity contribution in [3.05, 3.63) is 77.9 Å². The summed E-state index contributed by atoms with van der Waals surface area (Å²) in [5.41, 5.74) is 0.835. The standard InChI is InChI=1S/C28H31N3O6/c1-4-16-37-21-9-6-19(7-10-21)26(32)24-25(20-8-11-22(35-2)23(17-20)36-3)31(28(34)27(24)33)14-5-13-30-15-12-29-18-30/h6-12,15,17-18,25H,4-5,13-14,16H2,1-3H3,(H,32,33). The van der Waals surface area contributed by atoms with E-state index in [-0.39, 0.29) is 5.57 Å². The molecule has 1 fully saturated rings. The Morgan fingerprint density at radius 1 is 1.08 bits per heavy atom. The van der Waals surface area contributed by atoms with Crippen LogP contribution in [0, 0.1) is 0 Å². The average Bonchev–Trinajstić information content (AvgIpc) is 3.53. The van der Waals surface area contributed by atoms with Gasteiger partial charge in [-0.1, -0.05) is 30.9 Å². The largest absolute Gasteiger partial charge is 0.872 e. The van der Waals surface area contributed by atoms with Gasteiger partial charge in [-0.05, 0) is 41.8 Å². The molecule has 0 aliphatic carbocycles. The summed E-state index contributed by atoms with van der Waals surface area (Å²) in [7, 11) is 3.04. The molecule has 1 unspecified atom stereocenters. The van der Waals surface area contributed by atoms with Crippen molar-refractivity contribution in [3.63, 3.8) is 0 Å². The van der Waals surface area contributed by atoms with Crippen LogP contribution in [0.25, 0.3) is 5.76 Å². The predicted octanol–water partition coefficient (Wildman–Crippen LogP) is 2.42. The molecule has 1 amide bonds. The van der Waals surface area contributed by atoms with Crippen LogP contribution in [0.3, 0.4) is 0 Å². The van der Waals surface area contributed by atoms with Gasteiger partial charge in [0.2, 0.25) is 12.1 Å². The van der Waals surface area contributed by atoms with Crippen LogP contribution < -0.4 is 23.9 Å². The van der Waals surface area contributed by atoms with Crippen LogP contribution in [0.1, 0.15) is 36.9 Å². The number of amides is 1. The van der Waals surface area contributed by atoms with Gasteiger partial charge in [0.1, 0.15) is 18.1 Å². The highest BCUT2D eigenvalue weighted by Crippen LogP contribution is 2.41. The minimum atomic E-state index is -0.848. The number of methoxy groups -OCH3 is 2. The van der Waals surface area contributed by atoms with E-state index in [9.17, 15) is 14.7 Å². The molecule has 4 rings (SSSR count). The molecule has 0 radical (unpaired) electrons. The highest BCUT2D eigenvalue weighted by Gasteiger charge is 2.44. The lowest BCUT2D eigenvalue weighted by Gasteiger charge is -2.28. The first-order valence-corrected chi connectivity index (χ1v) is 12.2. The molecule has 1 aliphatic heterocycles. The zero-order valence-electron chi connectivity index (χ0n) is 21.2. The van der Waals surface area contributed by atoms with Gasteiger partial charge in [0.15, 0.2) is 11.5 Å². The number of imidazole rings is 1. The molecule has 9 nitrogen and oxygen atoms in total. The van der Waals surface area contributed by atoms with Crippen molar-refractivity contribution < 1.29 is 33.5 Å².